The fourth-order valence-corrected chi connectivity index (χ4v) is 3.18. The molecule has 0 radical (unpaired) electrons. The van der Waals surface area contributed by atoms with Gasteiger partial charge in [-0.2, -0.15) is 0 Å². The molecule has 0 saturated heterocycles. The van der Waals surface area contributed by atoms with Gasteiger partial charge in [0.05, 0.1) is 12.8 Å². The topological polar surface area (TPSA) is 62.5 Å². The zero-order chi connectivity index (χ0) is 20.1. The van der Waals surface area contributed by atoms with Crippen LogP contribution in [0.2, 0.25) is 0 Å². The molecule has 4 nitrogen and oxygen atoms in total. The minimum atomic E-state index is -0.860. The van der Waals surface area contributed by atoms with Crippen LogP contribution in [0.25, 0.3) is 17.2 Å². The summed E-state index contributed by atoms with van der Waals surface area (Å²) in [6, 6.07) is 16.3. The zero-order valence-corrected chi connectivity index (χ0v) is 16.5. The van der Waals surface area contributed by atoms with Crippen LogP contribution in [-0.4, -0.2) is 11.1 Å². The average molecular weight is 375 g/mol. The highest BCUT2D eigenvalue weighted by Crippen LogP contribution is 2.29. The van der Waals surface area contributed by atoms with Crippen LogP contribution in [0, 0.1) is 13.8 Å². The van der Waals surface area contributed by atoms with Crippen molar-refractivity contribution in [3.05, 3.63) is 82.8 Å². The van der Waals surface area contributed by atoms with Gasteiger partial charge in [-0.3, -0.25) is 0 Å². The number of carboxylic acids is 1. The summed E-state index contributed by atoms with van der Waals surface area (Å²) in [6.07, 6.45) is 3.95. The summed E-state index contributed by atoms with van der Waals surface area (Å²) in [5.74, 6) is 0.0354. The molecule has 0 unspecified atom stereocenters. The number of anilines is 1. The van der Waals surface area contributed by atoms with Gasteiger partial charge in [-0.1, -0.05) is 31.2 Å². The van der Waals surface area contributed by atoms with E-state index in [1.54, 1.807) is 12.3 Å². The van der Waals surface area contributed by atoms with Crippen molar-refractivity contribution in [1.29, 1.82) is 0 Å². The first kappa shape index (κ1) is 19.5. The molecule has 0 atom stereocenters. The molecule has 1 aromatic heterocycles. The predicted molar refractivity (Wildman–Crippen MR) is 113 cm³/mol. The molecule has 28 heavy (non-hydrogen) atoms. The predicted octanol–water partition coefficient (Wildman–Crippen LogP) is 6.05. The van der Waals surface area contributed by atoms with Crippen molar-refractivity contribution in [1.82, 2.24) is 0 Å². The van der Waals surface area contributed by atoms with E-state index in [0.29, 0.717) is 18.5 Å². The van der Waals surface area contributed by atoms with Crippen molar-refractivity contribution < 1.29 is 14.3 Å². The Morgan fingerprint density at radius 1 is 1.11 bits per heavy atom. The highest BCUT2D eigenvalue weighted by atomic mass is 16.4. The molecule has 0 bridgehead atoms. The minimum absolute atomic E-state index is 0.419. The Balaban J connectivity index is 1.81. The summed E-state index contributed by atoms with van der Waals surface area (Å²) in [4.78, 5) is 11.3. The molecule has 0 saturated carbocycles. The molecule has 0 fully saturated rings. The van der Waals surface area contributed by atoms with E-state index in [2.05, 4.69) is 48.6 Å². The third-order valence-electron chi connectivity index (χ3n) is 4.84. The first-order chi connectivity index (χ1) is 13.5. The van der Waals surface area contributed by atoms with Crippen molar-refractivity contribution in [3.63, 3.8) is 0 Å². The molecule has 0 aliphatic heterocycles. The quantitative estimate of drug-likeness (QED) is 0.493. The van der Waals surface area contributed by atoms with Gasteiger partial charge in [0.25, 0.3) is 0 Å². The number of rotatable bonds is 7. The van der Waals surface area contributed by atoms with E-state index in [1.807, 2.05) is 26.0 Å². The van der Waals surface area contributed by atoms with Crippen molar-refractivity contribution in [2.75, 3.05) is 5.32 Å². The maximum atomic E-state index is 11.3. The molecule has 1 heterocycles. The molecule has 0 amide bonds. The lowest BCUT2D eigenvalue weighted by atomic mass is 9.94. The van der Waals surface area contributed by atoms with E-state index in [-0.39, 0.29) is 0 Å². The highest BCUT2D eigenvalue weighted by Gasteiger charge is 2.09. The number of aryl methyl sites for hydroxylation is 2. The smallest absolute Gasteiger partial charge is 0.331 e. The summed E-state index contributed by atoms with van der Waals surface area (Å²) in [5, 5.41) is 12.6. The van der Waals surface area contributed by atoms with Gasteiger partial charge >= 0.3 is 5.97 Å². The third kappa shape index (κ3) is 4.52. The third-order valence-corrected chi connectivity index (χ3v) is 4.84. The number of furan rings is 1. The van der Waals surface area contributed by atoms with Gasteiger partial charge in [0.1, 0.15) is 5.76 Å². The molecule has 3 rings (SSSR count). The monoisotopic (exact) mass is 375 g/mol. The van der Waals surface area contributed by atoms with E-state index in [4.69, 9.17) is 4.42 Å². The van der Waals surface area contributed by atoms with E-state index in [9.17, 15) is 9.90 Å². The minimum Gasteiger partial charge on any atom is -0.478 e. The van der Waals surface area contributed by atoms with Crippen LogP contribution in [0.15, 0.2) is 64.8 Å². The first-order valence-electron chi connectivity index (χ1n) is 9.39. The van der Waals surface area contributed by atoms with Gasteiger partial charge in [0.2, 0.25) is 0 Å². The number of hydrogen-bond acceptors (Lipinski definition) is 3. The van der Waals surface area contributed by atoms with Gasteiger partial charge in [-0.15, -0.1) is 0 Å². The normalized spacial score (nSPS) is 11.5. The molecule has 3 aromatic rings. The number of nitrogens with one attached hydrogen (secondary N) is 1. The Morgan fingerprint density at radius 3 is 2.46 bits per heavy atom. The van der Waals surface area contributed by atoms with Crippen molar-refractivity contribution in [2.24, 2.45) is 0 Å². The second kappa shape index (κ2) is 8.61. The number of aliphatic carboxylic acids is 1. The van der Waals surface area contributed by atoms with Gasteiger partial charge < -0.3 is 14.8 Å². The highest BCUT2D eigenvalue weighted by molar-refractivity contribution is 5.92. The van der Waals surface area contributed by atoms with Crippen molar-refractivity contribution in [2.45, 2.75) is 33.7 Å². The summed E-state index contributed by atoms with van der Waals surface area (Å²) >= 11 is 0. The number of hydrogen-bond donors (Lipinski definition) is 2. The second-order valence-electron chi connectivity index (χ2n) is 6.86. The van der Waals surface area contributed by atoms with Gasteiger partial charge in [-0.05, 0) is 78.4 Å². The standard InChI is InChI=1S/C24H25NO3/c1-4-18(24(26)27)14-20-12-17(3)23(13-16(20)2)19-7-9-21(10-8-19)25-15-22-6-5-11-28-22/h5-14,25H,4,15H2,1-3H3,(H,26,27). The summed E-state index contributed by atoms with van der Waals surface area (Å²) < 4.78 is 5.33. The Kier molecular flexibility index (Phi) is 5.99. The van der Waals surface area contributed by atoms with Crippen LogP contribution in [0.1, 0.15) is 35.8 Å². The van der Waals surface area contributed by atoms with Crippen LogP contribution in [-0.2, 0) is 11.3 Å². The Hall–Kier alpha value is -3.27. The average Bonchev–Trinajstić information content (AvgIpc) is 3.20. The maximum absolute atomic E-state index is 11.3. The summed E-state index contributed by atoms with van der Waals surface area (Å²) in [7, 11) is 0. The van der Waals surface area contributed by atoms with Crippen molar-refractivity contribution in [3.8, 4) is 11.1 Å². The fourth-order valence-electron chi connectivity index (χ4n) is 3.18. The Bertz CT molecular complexity index is 983. The largest absolute Gasteiger partial charge is 0.478 e. The Labute approximate surface area is 165 Å². The van der Waals surface area contributed by atoms with Crippen LogP contribution < -0.4 is 5.32 Å². The molecule has 0 spiro atoms. The van der Waals surface area contributed by atoms with Crippen LogP contribution in [0.5, 0.6) is 0 Å². The lowest BCUT2D eigenvalue weighted by Crippen LogP contribution is -1.99. The van der Waals surface area contributed by atoms with Crippen LogP contribution >= 0.6 is 0 Å². The second-order valence-corrected chi connectivity index (χ2v) is 6.86. The van der Waals surface area contributed by atoms with Gasteiger partial charge in [0.15, 0.2) is 0 Å². The summed E-state index contributed by atoms with van der Waals surface area (Å²) in [5.41, 5.74) is 6.87. The maximum Gasteiger partial charge on any atom is 0.331 e. The fraction of sp³-hybridized carbons (Fsp3) is 0.208. The van der Waals surface area contributed by atoms with E-state index >= 15 is 0 Å². The number of carboxylic acid groups (broad SMARTS) is 1. The van der Waals surface area contributed by atoms with E-state index < -0.39 is 5.97 Å². The summed E-state index contributed by atoms with van der Waals surface area (Å²) in [6.45, 7) is 6.58. The van der Waals surface area contributed by atoms with Crippen molar-refractivity contribution >= 4 is 17.7 Å². The number of carbonyl (C=O) groups is 1. The van der Waals surface area contributed by atoms with E-state index in [0.717, 1.165) is 39.3 Å². The lowest BCUT2D eigenvalue weighted by Gasteiger charge is -2.12. The molecular formula is C24H25NO3. The van der Waals surface area contributed by atoms with Crippen LogP contribution in [0.4, 0.5) is 5.69 Å². The SMILES string of the molecule is CCC(=Cc1cc(C)c(-c2ccc(NCc3ccco3)cc2)cc1C)C(=O)O. The van der Waals surface area contributed by atoms with Gasteiger partial charge in [0, 0.05) is 11.3 Å². The molecule has 144 valence electrons. The molecule has 4 heteroatoms. The number of benzene rings is 2. The molecule has 2 aromatic carbocycles. The molecular weight excluding hydrogens is 350 g/mol. The molecule has 2 N–H and O–H groups in total. The Morgan fingerprint density at radius 2 is 1.86 bits per heavy atom. The van der Waals surface area contributed by atoms with Crippen LogP contribution in [0.3, 0.4) is 0 Å². The molecule has 0 aliphatic rings. The van der Waals surface area contributed by atoms with E-state index in [1.165, 1.54) is 0 Å². The lowest BCUT2D eigenvalue weighted by molar-refractivity contribution is -0.132. The van der Waals surface area contributed by atoms with Gasteiger partial charge in [-0.25, -0.2) is 4.79 Å². The zero-order valence-electron chi connectivity index (χ0n) is 16.5. The molecule has 0 aliphatic carbocycles. The first-order valence-corrected chi connectivity index (χ1v) is 9.39.